The zero-order valence-electron chi connectivity index (χ0n) is 19.0. The number of nitrogens with one attached hydrogen (secondary N) is 1. The van der Waals surface area contributed by atoms with E-state index in [0.717, 1.165) is 41.5 Å². The van der Waals surface area contributed by atoms with E-state index in [4.69, 9.17) is 0 Å². The Bertz CT molecular complexity index is 512. The Hall–Kier alpha value is -0.0400. The molecule has 3 aliphatic carbocycles. The molecule has 0 aromatic heterocycles. The third-order valence-corrected chi connectivity index (χ3v) is 10.4. The van der Waals surface area contributed by atoms with Gasteiger partial charge in [-0.05, 0) is 104 Å². The van der Waals surface area contributed by atoms with E-state index < -0.39 is 0 Å². The molecule has 3 saturated carbocycles. The van der Waals surface area contributed by atoms with Crippen molar-refractivity contribution in [3.8, 4) is 0 Å². The summed E-state index contributed by atoms with van der Waals surface area (Å²) in [5, 5.41) is 3.92. The summed E-state index contributed by atoms with van der Waals surface area (Å²) in [4.78, 5) is 0. The monoisotopic (exact) mass is 373 g/mol. The maximum atomic E-state index is 3.92. The molecule has 4 fully saturated rings. The van der Waals surface area contributed by atoms with Gasteiger partial charge in [0.2, 0.25) is 0 Å². The summed E-state index contributed by atoms with van der Waals surface area (Å²) in [6.07, 6.45) is 16.4. The van der Waals surface area contributed by atoms with Crippen LogP contribution in [0.25, 0.3) is 0 Å². The zero-order valence-corrected chi connectivity index (χ0v) is 19.0. The van der Waals surface area contributed by atoms with Crippen LogP contribution >= 0.6 is 0 Å². The standard InChI is InChI=1S/C26H47N/c1-18(2)8-6-9-19(3)21-11-12-22-20-10-13-24-26(5,15-7-17-27-24)23(20)14-16-25(21,22)4/h18-24,27H,6-17H2,1-5H3/t19-,20+,21-,22+,23+,24-,25-,26-/m1/s1. The normalized spacial score (nSPS) is 48.0. The quantitative estimate of drug-likeness (QED) is 0.544. The fourth-order valence-electron chi connectivity index (χ4n) is 8.92. The number of hydrogen-bond donors (Lipinski definition) is 1. The second-order valence-corrected chi connectivity index (χ2v) is 12.1. The second kappa shape index (κ2) is 7.66. The lowest BCUT2D eigenvalue weighted by atomic mass is 9.46. The van der Waals surface area contributed by atoms with Crippen LogP contribution in [0.1, 0.15) is 105 Å². The number of fused-ring (bicyclic) bond motifs is 5. The minimum atomic E-state index is 0.601. The summed E-state index contributed by atoms with van der Waals surface area (Å²) in [6.45, 7) is 14.1. The van der Waals surface area contributed by atoms with Gasteiger partial charge in [-0.1, -0.05) is 53.9 Å². The van der Waals surface area contributed by atoms with E-state index in [1.54, 1.807) is 6.42 Å². The molecule has 156 valence electrons. The van der Waals surface area contributed by atoms with Gasteiger partial charge in [0.25, 0.3) is 0 Å². The van der Waals surface area contributed by atoms with E-state index in [0.29, 0.717) is 10.8 Å². The molecule has 0 bridgehead atoms. The molecule has 1 heterocycles. The summed E-state index contributed by atoms with van der Waals surface area (Å²) in [7, 11) is 0. The van der Waals surface area contributed by atoms with Crippen LogP contribution in [0.15, 0.2) is 0 Å². The van der Waals surface area contributed by atoms with Crippen molar-refractivity contribution in [1.29, 1.82) is 0 Å². The third-order valence-electron chi connectivity index (χ3n) is 10.4. The summed E-state index contributed by atoms with van der Waals surface area (Å²) in [5.74, 6) is 5.91. The molecule has 1 aliphatic heterocycles. The van der Waals surface area contributed by atoms with Gasteiger partial charge in [-0.2, -0.15) is 0 Å². The topological polar surface area (TPSA) is 12.0 Å². The van der Waals surface area contributed by atoms with Gasteiger partial charge in [0, 0.05) is 6.04 Å². The first-order valence-corrected chi connectivity index (χ1v) is 12.6. The van der Waals surface area contributed by atoms with Gasteiger partial charge < -0.3 is 5.32 Å². The predicted octanol–water partition coefficient (Wildman–Crippen LogP) is 7.06. The van der Waals surface area contributed by atoms with Gasteiger partial charge in [0.15, 0.2) is 0 Å². The van der Waals surface area contributed by atoms with Crippen molar-refractivity contribution in [3.05, 3.63) is 0 Å². The molecule has 27 heavy (non-hydrogen) atoms. The fraction of sp³-hybridized carbons (Fsp3) is 1.00. The lowest BCUT2D eigenvalue weighted by Gasteiger charge is -2.60. The Morgan fingerprint density at radius 2 is 1.63 bits per heavy atom. The molecule has 0 unspecified atom stereocenters. The third kappa shape index (κ3) is 3.43. The van der Waals surface area contributed by atoms with E-state index in [1.165, 1.54) is 70.8 Å². The van der Waals surface area contributed by atoms with Gasteiger partial charge in [0.1, 0.15) is 0 Å². The molecule has 1 N–H and O–H groups in total. The molecule has 8 atom stereocenters. The Morgan fingerprint density at radius 3 is 2.41 bits per heavy atom. The second-order valence-electron chi connectivity index (χ2n) is 12.1. The van der Waals surface area contributed by atoms with Gasteiger partial charge in [-0.3, -0.25) is 0 Å². The van der Waals surface area contributed by atoms with Crippen LogP contribution in [0, 0.1) is 46.3 Å². The van der Waals surface area contributed by atoms with Crippen LogP contribution in [0.3, 0.4) is 0 Å². The van der Waals surface area contributed by atoms with Gasteiger partial charge >= 0.3 is 0 Å². The first kappa shape index (κ1) is 20.2. The summed E-state index contributed by atoms with van der Waals surface area (Å²) >= 11 is 0. The highest BCUT2D eigenvalue weighted by atomic mass is 15.0. The summed E-state index contributed by atoms with van der Waals surface area (Å²) < 4.78 is 0. The fourth-order valence-corrected chi connectivity index (χ4v) is 8.92. The molecule has 4 aliphatic rings. The number of hydrogen-bond acceptors (Lipinski definition) is 1. The molecular weight excluding hydrogens is 326 g/mol. The van der Waals surface area contributed by atoms with Crippen molar-refractivity contribution in [1.82, 2.24) is 5.32 Å². The van der Waals surface area contributed by atoms with E-state index in [2.05, 4.69) is 39.9 Å². The molecule has 1 heteroatoms. The SMILES string of the molecule is CC(C)CCC[C@@H](C)[C@H]1CC[C@H]2[C@@H]3CC[C@H]4NCCC[C@]4(C)[C@H]3CC[C@]12C. The molecular formula is C26H47N. The molecule has 0 amide bonds. The van der Waals surface area contributed by atoms with Crippen molar-refractivity contribution in [2.24, 2.45) is 46.3 Å². The molecule has 0 aromatic carbocycles. The zero-order chi connectivity index (χ0) is 19.2. The van der Waals surface area contributed by atoms with E-state index in [9.17, 15) is 0 Å². The van der Waals surface area contributed by atoms with Gasteiger partial charge in [-0.15, -0.1) is 0 Å². The van der Waals surface area contributed by atoms with Crippen LogP contribution in [0.2, 0.25) is 0 Å². The largest absolute Gasteiger partial charge is 0.313 e. The lowest BCUT2D eigenvalue weighted by Crippen LogP contribution is -2.59. The highest BCUT2D eigenvalue weighted by Crippen LogP contribution is 2.66. The minimum Gasteiger partial charge on any atom is -0.313 e. The van der Waals surface area contributed by atoms with Gasteiger partial charge in [-0.25, -0.2) is 0 Å². The Labute approximate surface area is 169 Å². The average Bonchev–Trinajstić information content (AvgIpc) is 2.98. The Kier molecular flexibility index (Phi) is 5.74. The smallest absolute Gasteiger partial charge is 0.0124 e. The predicted molar refractivity (Wildman–Crippen MR) is 117 cm³/mol. The van der Waals surface area contributed by atoms with Crippen molar-refractivity contribution >= 4 is 0 Å². The van der Waals surface area contributed by atoms with E-state index >= 15 is 0 Å². The number of piperidine rings is 1. The van der Waals surface area contributed by atoms with Crippen molar-refractivity contribution in [3.63, 3.8) is 0 Å². The van der Waals surface area contributed by atoms with Crippen molar-refractivity contribution in [2.75, 3.05) is 6.54 Å². The summed E-state index contributed by atoms with van der Waals surface area (Å²) in [6, 6.07) is 0.823. The van der Waals surface area contributed by atoms with Crippen LogP contribution < -0.4 is 5.32 Å². The van der Waals surface area contributed by atoms with Crippen LogP contribution in [-0.4, -0.2) is 12.6 Å². The van der Waals surface area contributed by atoms with Gasteiger partial charge in [0.05, 0.1) is 0 Å². The molecule has 0 radical (unpaired) electrons. The molecule has 1 nitrogen and oxygen atoms in total. The Balaban J connectivity index is 1.46. The first-order chi connectivity index (χ1) is 12.9. The van der Waals surface area contributed by atoms with Crippen LogP contribution in [0.4, 0.5) is 0 Å². The molecule has 4 rings (SSSR count). The number of rotatable bonds is 5. The van der Waals surface area contributed by atoms with Crippen LogP contribution in [0.5, 0.6) is 0 Å². The highest BCUT2D eigenvalue weighted by Gasteiger charge is 2.60. The maximum Gasteiger partial charge on any atom is 0.0124 e. The van der Waals surface area contributed by atoms with Crippen LogP contribution in [-0.2, 0) is 0 Å². The highest BCUT2D eigenvalue weighted by molar-refractivity contribution is 5.10. The molecule has 1 saturated heterocycles. The average molecular weight is 374 g/mol. The van der Waals surface area contributed by atoms with E-state index in [-0.39, 0.29) is 0 Å². The molecule has 0 aromatic rings. The summed E-state index contributed by atoms with van der Waals surface area (Å²) in [5.41, 5.74) is 1.26. The van der Waals surface area contributed by atoms with E-state index in [1.807, 2.05) is 0 Å². The van der Waals surface area contributed by atoms with Crippen molar-refractivity contribution < 1.29 is 0 Å². The first-order valence-electron chi connectivity index (χ1n) is 12.6. The Morgan fingerprint density at radius 1 is 0.852 bits per heavy atom. The minimum absolute atomic E-state index is 0.601. The lowest BCUT2D eigenvalue weighted by molar-refractivity contribution is -0.0984. The maximum absolute atomic E-state index is 3.92. The molecule has 0 spiro atoms. The van der Waals surface area contributed by atoms with Crippen molar-refractivity contribution in [2.45, 2.75) is 111 Å².